The molecule has 16 heavy (non-hydrogen) atoms. The predicted molar refractivity (Wildman–Crippen MR) is 59.7 cm³/mol. The minimum absolute atomic E-state index is 0.312. The second kappa shape index (κ2) is 4.14. The Morgan fingerprint density at radius 2 is 2.44 bits per heavy atom. The number of hydrogen-bond acceptors (Lipinski definition) is 3. The first-order valence-electron chi connectivity index (χ1n) is 5.32. The number of benzene rings is 1. The highest BCUT2D eigenvalue weighted by Gasteiger charge is 2.24. The van der Waals surface area contributed by atoms with Gasteiger partial charge in [-0.3, -0.25) is 4.79 Å². The van der Waals surface area contributed by atoms with Crippen LogP contribution in [0.1, 0.15) is 24.0 Å². The average Bonchev–Trinajstić information content (AvgIpc) is 2.61. The summed E-state index contributed by atoms with van der Waals surface area (Å²) in [6.07, 6.45) is 0.353. The van der Waals surface area contributed by atoms with E-state index in [0.717, 1.165) is 16.9 Å². The van der Waals surface area contributed by atoms with Gasteiger partial charge in [0, 0.05) is 11.5 Å². The molecule has 1 aromatic carbocycles. The van der Waals surface area contributed by atoms with Gasteiger partial charge in [0.15, 0.2) is 0 Å². The van der Waals surface area contributed by atoms with Crippen molar-refractivity contribution in [3.63, 3.8) is 0 Å². The van der Waals surface area contributed by atoms with Crippen LogP contribution >= 0.6 is 0 Å². The summed E-state index contributed by atoms with van der Waals surface area (Å²) in [7, 11) is 0. The zero-order valence-electron chi connectivity index (χ0n) is 9.14. The fourth-order valence-corrected chi connectivity index (χ4v) is 2.08. The summed E-state index contributed by atoms with van der Waals surface area (Å²) in [6, 6.07) is 4.86. The van der Waals surface area contributed by atoms with Gasteiger partial charge in [-0.1, -0.05) is 19.1 Å². The Hall–Kier alpha value is -1.55. The molecule has 0 aliphatic carbocycles. The van der Waals surface area contributed by atoms with Crippen LogP contribution in [0, 0.1) is 0 Å². The molecule has 0 saturated heterocycles. The van der Waals surface area contributed by atoms with E-state index < -0.39 is 12.0 Å². The largest absolute Gasteiger partial charge is 0.493 e. The van der Waals surface area contributed by atoms with Crippen LogP contribution in [0.2, 0.25) is 0 Å². The number of carboxylic acid groups (broad SMARTS) is 1. The Balaban J connectivity index is 2.29. The molecule has 4 heteroatoms. The fraction of sp³-hybridized carbons (Fsp3) is 0.417. The molecule has 0 radical (unpaired) electrons. The molecular weight excluding hydrogens is 206 g/mol. The van der Waals surface area contributed by atoms with Crippen LogP contribution in [-0.2, 0) is 11.2 Å². The standard InChI is InChI=1S/C12H15NO3/c1-7-6-16-10-4-2-3-8(11(7)10)5-9(13)12(14)15/h2-4,7,9H,5-6,13H2,1H3,(H,14,15). The molecule has 0 saturated carbocycles. The molecule has 1 aromatic rings. The molecule has 1 aliphatic rings. The van der Waals surface area contributed by atoms with Crippen LogP contribution in [0.4, 0.5) is 0 Å². The lowest BCUT2D eigenvalue weighted by Crippen LogP contribution is -2.32. The Morgan fingerprint density at radius 1 is 1.69 bits per heavy atom. The van der Waals surface area contributed by atoms with Crippen LogP contribution < -0.4 is 10.5 Å². The van der Waals surface area contributed by atoms with Gasteiger partial charge >= 0.3 is 5.97 Å². The van der Waals surface area contributed by atoms with Gasteiger partial charge in [-0.25, -0.2) is 0 Å². The summed E-state index contributed by atoms with van der Waals surface area (Å²) in [4.78, 5) is 10.7. The topological polar surface area (TPSA) is 72.5 Å². The predicted octanol–water partition coefficient (Wildman–Crippen LogP) is 1.14. The van der Waals surface area contributed by atoms with Gasteiger partial charge in [-0.2, -0.15) is 0 Å². The maximum atomic E-state index is 10.7. The molecule has 2 rings (SSSR count). The van der Waals surface area contributed by atoms with Crippen molar-refractivity contribution >= 4 is 5.97 Å². The van der Waals surface area contributed by atoms with E-state index in [2.05, 4.69) is 6.92 Å². The van der Waals surface area contributed by atoms with E-state index in [1.165, 1.54) is 0 Å². The van der Waals surface area contributed by atoms with Crippen molar-refractivity contribution in [2.45, 2.75) is 25.3 Å². The monoisotopic (exact) mass is 221 g/mol. The van der Waals surface area contributed by atoms with Gasteiger partial charge in [0.2, 0.25) is 0 Å². The SMILES string of the molecule is CC1COc2cccc(CC(N)C(=O)O)c21. The molecule has 1 aliphatic heterocycles. The lowest BCUT2D eigenvalue weighted by molar-refractivity contribution is -0.138. The second-order valence-electron chi connectivity index (χ2n) is 4.19. The third-order valence-electron chi connectivity index (χ3n) is 2.90. The first-order chi connectivity index (χ1) is 7.59. The summed E-state index contributed by atoms with van der Waals surface area (Å²) in [5.74, 6) is 0.207. The summed E-state index contributed by atoms with van der Waals surface area (Å²) < 4.78 is 5.51. The van der Waals surface area contributed by atoms with Crippen molar-refractivity contribution in [1.29, 1.82) is 0 Å². The number of carbonyl (C=O) groups is 1. The van der Waals surface area contributed by atoms with E-state index in [1.54, 1.807) is 0 Å². The van der Waals surface area contributed by atoms with E-state index in [0.29, 0.717) is 18.9 Å². The third kappa shape index (κ3) is 1.88. The van der Waals surface area contributed by atoms with Gasteiger partial charge in [0.05, 0.1) is 6.61 Å². The lowest BCUT2D eigenvalue weighted by atomic mass is 9.93. The number of aliphatic carboxylic acids is 1. The summed E-state index contributed by atoms with van der Waals surface area (Å²) in [5.41, 5.74) is 7.64. The van der Waals surface area contributed by atoms with E-state index in [-0.39, 0.29) is 0 Å². The van der Waals surface area contributed by atoms with Gasteiger partial charge in [-0.05, 0) is 18.1 Å². The van der Waals surface area contributed by atoms with Gasteiger partial charge in [0.25, 0.3) is 0 Å². The van der Waals surface area contributed by atoms with Crippen LogP contribution in [0.5, 0.6) is 5.75 Å². The van der Waals surface area contributed by atoms with Gasteiger partial charge in [-0.15, -0.1) is 0 Å². The molecule has 4 nitrogen and oxygen atoms in total. The number of nitrogens with two attached hydrogens (primary N) is 1. The van der Waals surface area contributed by atoms with E-state index in [1.807, 2.05) is 18.2 Å². The molecule has 3 N–H and O–H groups in total. The Morgan fingerprint density at radius 3 is 3.12 bits per heavy atom. The van der Waals surface area contributed by atoms with Crippen molar-refractivity contribution < 1.29 is 14.6 Å². The Labute approximate surface area is 94.0 Å². The van der Waals surface area contributed by atoms with Gasteiger partial charge < -0.3 is 15.6 Å². The minimum atomic E-state index is -0.968. The molecule has 0 fully saturated rings. The van der Waals surface area contributed by atoms with Crippen LogP contribution in [0.3, 0.4) is 0 Å². The smallest absolute Gasteiger partial charge is 0.320 e. The van der Waals surface area contributed by atoms with Gasteiger partial charge in [0.1, 0.15) is 11.8 Å². The van der Waals surface area contributed by atoms with Crippen LogP contribution in [0.15, 0.2) is 18.2 Å². The van der Waals surface area contributed by atoms with Crippen molar-refractivity contribution in [2.24, 2.45) is 5.73 Å². The van der Waals surface area contributed by atoms with Crippen molar-refractivity contribution in [3.8, 4) is 5.75 Å². The quantitative estimate of drug-likeness (QED) is 0.802. The highest BCUT2D eigenvalue weighted by atomic mass is 16.5. The highest BCUT2D eigenvalue weighted by Crippen LogP contribution is 2.36. The molecule has 86 valence electrons. The maximum Gasteiger partial charge on any atom is 0.320 e. The maximum absolute atomic E-state index is 10.7. The molecule has 2 atom stereocenters. The first-order valence-corrected chi connectivity index (χ1v) is 5.32. The normalized spacial score (nSPS) is 20.0. The number of fused-ring (bicyclic) bond motifs is 1. The molecule has 0 amide bonds. The second-order valence-corrected chi connectivity index (χ2v) is 4.19. The third-order valence-corrected chi connectivity index (χ3v) is 2.90. The highest BCUT2D eigenvalue weighted by molar-refractivity contribution is 5.73. The number of hydrogen-bond donors (Lipinski definition) is 2. The molecule has 1 heterocycles. The minimum Gasteiger partial charge on any atom is -0.493 e. The lowest BCUT2D eigenvalue weighted by Gasteiger charge is -2.12. The fourth-order valence-electron chi connectivity index (χ4n) is 2.08. The number of carboxylic acids is 1. The molecular formula is C12H15NO3. The zero-order chi connectivity index (χ0) is 11.7. The summed E-state index contributed by atoms with van der Waals surface area (Å²) in [5, 5.41) is 8.80. The summed E-state index contributed by atoms with van der Waals surface area (Å²) >= 11 is 0. The van der Waals surface area contributed by atoms with E-state index >= 15 is 0 Å². The molecule has 0 aromatic heterocycles. The van der Waals surface area contributed by atoms with Crippen molar-refractivity contribution in [3.05, 3.63) is 29.3 Å². The number of rotatable bonds is 3. The average molecular weight is 221 g/mol. The summed E-state index contributed by atoms with van der Waals surface area (Å²) in [6.45, 7) is 2.73. The number of ether oxygens (including phenoxy) is 1. The molecule has 2 unspecified atom stereocenters. The first kappa shape index (κ1) is 11.0. The molecule has 0 bridgehead atoms. The van der Waals surface area contributed by atoms with Crippen molar-refractivity contribution in [2.75, 3.05) is 6.61 Å². The van der Waals surface area contributed by atoms with E-state index in [4.69, 9.17) is 15.6 Å². The Kier molecular flexibility index (Phi) is 2.83. The molecule has 0 spiro atoms. The van der Waals surface area contributed by atoms with Crippen LogP contribution in [-0.4, -0.2) is 23.7 Å². The van der Waals surface area contributed by atoms with Crippen molar-refractivity contribution in [1.82, 2.24) is 0 Å². The Bertz CT molecular complexity index is 417. The zero-order valence-corrected chi connectivity index (χ0v) is 9.14. The van der Waals surface area contributed by atoms with E-state index in [9.17, 15) is 4.79 Å². The van der Waals surface area contributed by atoms with Crippen LogP contribution in [0.25, 0.3) is 0 Å².